The third kappa shape index (κ3) is 4.45. The largest absolute Gasteiger partial charge is 0.357 e. The number of hydrogen-bond acceptors (Lipinski definition) is 5. The van der Waals surface area contributed by atoms with Crippen molar-refractivity contribution < 1.29 is 14.0 Å². The first-order valence-corrected chi connectivity index (χ1v) is 13.6. The summed E-state index contributed by atoms with van der Waals surface area (Å²) in [5.41, 5.74) is 3.97. The van der Waals surface area contributed by atoms with Gasteiger partial charge in [-0.1, -0.05) is 36.4 Å². The van der Waals surface area contributed by atoms with Gasteiger partial charge in [0.2, 0.25) is 0 Å². The Kier molecular flexibility index (Phi) is 6.41. The molecule has 0 aliphatic carbocycles. The Labute approximate surface area is 224 Å². The predicted octanol–water partition coefficient (Wildman–Crippen LogP) is 6.31. The van der Waals surface area contributed by atoms with Crippen molar-refractivity contribution in [3.8, 4) is 10.4 Å². The van der Waals surface area contributed by atoms with E-state index in [0.717, 1.165) is 53.4 Å². The summed E-state index contributed by atoms with van der Waals surface area (Å²) in [4.78, 5) is 37.0. The molecule has 0 unspecified atom stereocenters. The zero-order valence-corrected chi connectivity index (χ0v) is 21.9. The number of benzene rings is 2. The fourth-order valence-corrected chi connectivity index (χ4v) is 6.33. The third-order valence-electron chi connectivity index (χ3n) is 7.17. The van der Waals surface area contributed by atoms with Gasteiger partial charge in [0, 0.05) is 30.1 Å². The molecule has 2 amide bonds. The van der Waals surface area contributed by atoms with E-state index in [1.165, 1.54) is 17.4 Å². The second-order valence-corrected chi connectivity index (χ2v) is 10.7. The Morgan fingerprint density at radius 1 is 0.974 bits per heavy atom. The van der Waals surface area contributed by atoms with Crippen LogP contribution in [0.1, 0.15) is 44.1 Å². The van der Waals surface area contributed by atoms with Gasteiger partial charge in [0.15, 0.2) is 0 Å². The van der Waals surface area contributed by atoms with Crippen molar-refractivity contribution in [1.82, 2.24) is 4.98 Å². The highest BCUT2D eigenvalue weighted by atomic mass is 32.1. The molecule has 38 heavy (non-hydrogen) atoms. The Hall–Kier alpha value is -4.04. The normalized spacial score (nSPS) is 14.6. The minimum Gasteiger partial charge on any atom is -0.357 e. The third-order valence-corrected chi connectivity index (χ3v) is 8.38. The molecule has 192 valence electrons. The number of anilines is 3. The molecule has 1 fully saturated rings. The van der Waals surface area contributed by atoms with Gasteiger partial charge < -0.3 is 15.1 Å². The molecule has 0 radical (unpaired) electrons. The number of carbonyl (C=O) groups excluding carboxylic acids is 2. The zero-order valence-electron chi connectivity index (χ0n) is 21.0. The maximum absolute atomic E-state index is 14.3. The molecule has 2 aliphatic heterocycles. The molecule has 0 atom stereocenters. The lowest BCUT2D eigenvalue weighted by atomic mass is 10.1. The summed E-state index contributed by atoms with van der Waals surface area (Å²) >= 11 is 1.36. The van der Waals surface area contributed by atoms with Crippen LogP contribution >= 0.6 is 11.3 Å². The van der Waals surface area contributed by atoms with Gasteiger partial charge in [-0.3, -0.25) is 9.59 Å². The van der Waals surface area contributed by atoms with Crippen LogP contribution in [0.15, 0.2) is 66.7 Å². The lowest BCUT2D eigenvalue weighted by molar-refractivity contribution is 0.0981. The minimum absolute atomic E-state index is 0.137. The molecule has 2 aromatic heterocycles. The number of halogens is 1. The summed E-state index contributed by atoms with van der Waals surface area (Å²) in [5, 5.41) is 2.74. The summed E-state index contributed by atoms with van der Waals surface area (Å²) in [5.74, 6) is -0.0963. The molecule has 2 aliphatic rings. The number of thiophene rings is 1. The highest BCUT2D eigenvalue weighted by Gasteiger charge is 2.28. The molecule has 8 heteroatoms. The molecular formula is C30H27FN4O2S. The highest BCUT2D eigenvalue weighted by Crippen LogP contribution is 2.42. The van der Waals surface area contributed by atoms with Crippen LogP contribution in [-0.2, 0) is 6.42 Å². The monoisotopic (exact) mass is 526 g/mol. The minimum atomic E-state index is -0.460. The van der Waals surface area contributed by atoms with E-state index in [2.05, 4.69) is 10.2 Å². The molecular weight excluding hydrogens is 499 g/mol. The van der Waals surface area contributed by atoms with Crippen LogP contribution < -0.4 is 15.1 Å². The number of rotatable bonds is 4. The quantitative estimate of drug-likeness (QED) is 0.338. The molecule has 2 aromatic carbocycles. The Bertz CT molecular complexity index is 1520. The van der Waals surface area contributed by atoms with Gasteiger partial charge in [-0.05, 0) is 67.6 Å². The van der Waals surface area contributed by atoms with Crippen LogP contribution in [-0.4, -0.2) is 36.4 Å². The van der Waals surface area contributed by atoms with Gasteiger partial charge in [-0.2, -0.15) is 0 Å². The number of carbonyl (C=O) groups is 2. The summed E-state index contributed by atoms with van der Waals surface area (Å²) in [6.45, 7) is 4.15. The molecule has 6 rings (SSSR count). The van der Waals surface area contributed by atoms with E-state index in [4.69, 9.17) is 4.98 Å². The van der Waals surface area contributed by atoms with Crippen molar-refractivity contribution in [3.05, 3.63) is 94.2 Å². The van der Waals surface area contributed by atoms with Crippen LogP contribution in [0.25, 0.3) is 10.4 Å². The first-order valence-electron chi connectivity index (χ1n) is 12.8. The van der Waals surface area contributed by atoms with E-state index in [9.17, 15) is 14.0 Å². The van der Waals surface area contributed by atoms with Crippen LogP contribution in [0.4, 0.5) is 21.6 Å². The number of pyridine rings is 1. The van der Waals surface area contributed by atoms with E-state index in [-0.39, 0.29) is 17.5 Å². The van der Waals surface area contributed by atoms with Crippen molar-refractivity contribution in [2.75, 3.05) is 34.8 Å². The predicted molar refractivity (Wildman–Crippen MR) is 150 cm³/mol. The lowest BCUT2D eigenvalue weighted by Crippen LogP contribution is -2.33. The van der Waals surface area contributed by atoms with Crippen LogP contribution in [0.5, 0.6) is 0 Å². The van der Waals surface area contributed by atoms with E-state index >= 15 is 0 Å². The van der Waals surface area contributed by atoms with Gasteiger partial charge in [0.1, 0.15) is 17.3 Å². The number of fused-ring (bicyclic) bond motifs is 3. The molecule has 1 N–H and O–H groups in total. The van der Waals surface area contributed by atoms with E-state index < -0.39 is 5.82 Å². The molecule has 6 nitrogen and oxygen atoms in total. The lowest BCUT2D eigenvalue weighted by Gasteiger charge is -2.23. The SMILES string of the molecule is Cc1cccc(F)c1NC(=O)c1cc2c(s1)-c1ccccc1N(C(=O)c1cccc(N3CCCC3)n1)CC2. The number of aromatic nitrogens is 1. The Balaban J connectivity index is 1.31. The Morgan fingerprint density at radius 2 is 1.76 bits per heavy atom. The second kappa shape index (κ2) is 10.0. The molecule has 0 bridgehead atoms. The number of hydrogen-bond donors (Lipinski definition) is 1. The van der Waals surface area contributed by atoms with Crippen molar-refractivity contribution in [2.45, 2.75) is 26.2 Å². The van der Waals surface area contributed by atoms with Crippen molar-refractivity contribution in [2.24, 2.45) is 0 Å². The van der Waals surface area contributed by atoms with Crippen LogP contribution in [0.2, 0.25) is 0 Å². The van der Waals surface area contributed by atoms with Crippen molar-refractivity contribution in [1.29, 1.82) is 0 Å². The van der Waals surface area contributed by atoms with E-state index in [1.54, 1.807) is 30.0 Å². The topological polar surface area (TPSA) is 65.5 Å². The summed E-state index contributed by atoms with van der Waals surface area (Å²) in [6.07, 6.45) is 2.87. The first-order chi connectivity index (χ1) is 18.5. The number of amides is 2. The summed E-state index contributed by atoms with van der Waals surface area (Å²) < 4.78 is 14.3. The standard InChI is InChI=1S/C30H27FN4O2S/c1-19-8-6-10-22(31)27(19)33-29(36)25-18-20-14-17-35(24-12-3-2-9-21(24)28(20)38-25)30(37)23-11-7-13-26(32-23)34-15-4-5-16-34/h2-3,6-13,18H,4-5,14-17H2,1H3,(H,33,36). The van der Waals surface area contributed by atoms with Gasteiger partial charge in [0.05, 0.1) is 16.3 Å². The van der Waals surface area contributed by atoms with Gasteiger partial charge >= 0.3 is 0 Å². The fourth-order valence-electron chi connectivity index (χ4n) is 5.19. The summed E-state index contributed by atoms with van der Waals surface area (Å²) in [6, 6.07) is 20.0. The number of para-hydroxylation sites is 2. The molecule has 1 saturated heterocycles. The average Bonchev–Trinajstić information content (AvgIpc) is 3.60. The fraction of sp³-hybridized carbons (Fsp3) is 0.233. The first kappa shape index (κ1) is 24.3. The maximum atomic E-state index is 14.3. The maximum Gasteiger partial charge on any atom is 0.276 e. The molecule has 0 spiro atoms. The van der Waals surface area contributed by atoms with Crippen LogP contribution in [0, 0.1) is 12.7 Å². The van der Waals surface area contributed by atoms with Crippen molar-refractivity contribution >= 4 is 40.3 Å². The molecule has 0 saturated carbocycles. The number of aryl methyl sites for hydroxylation is 1. The molecule has 4 aromatic rings. The van der Waals surface area contributed by atoms with Gasteiger partial charge in [-0.15, -0.1) is 11.3 Å². The second-order valence-electron chi connectivity index (χ2n) is 9.65. The highest BCUT2D eigenvalue weighted by molar-refractivity contribution is 7.17. The van der Waals surface area contributed by atoms with Crippen molar-refractivity contribution in [3.63, 3.8) is 0 Å². The zero-order chi connectivity index (χ0) is 26.2. The van der Waals surface area contributed by atoms with Crippen LogP contribution in [0.3, 0.4) is 0 Å². The van der Waals surface area contributed by atoms with E-state index in [1.807, 2.05) is 42.5 Å². The Morgan fingerprint density at radius 3 is 2.58 bits per heavy atom. The summed E-state index contributed by atoms with van der Waals surface area (Å²) in [7, 11) is 0. The van der Waals surface area contributed by atoms with Gasteiger partial charge in [0.25, 0.3) is 11.8 Å². The van der Waals surface area contributed by atoms with E-state index in [0.29, 0.717) is 29.1 Å². The molecule has 4 heterocycles. The van der Waals surface area contributed by atoms with Gasteiger partial charge in [-0.25, -0.2) is 9.37 Å². The smallest absolute Gasteiger partial charge is 0.276 e. The number of nitrogens with one attached hydrogen (secondary N) is 1. The number of nitrogens with zero attached hydrogens (tertiary/aromatic N) is 3. The average molecular weight is 527 g/mol.